The SMILES string of the molecule is CC(=O)c1c(C)nc2ccc(F)cn12. The number of halogens is 1. The Bertz CT molecular complexity index is 516. The second-order valence-corrected chi connectivity index (χ2v) is 3.18. The number of aromatic nitrogens is 2. The van der Waals surface area contributed by atoms with Crippen LogP contribution in [0.3, 0.4) is 0 Å². The van der Waals surface area contributed by atoms with Gasteiger partial charge in [-0.2, -0.15) is 0 Å². The zero-order chi connectivity index (χ0) is 10.3. The summed E-state index contributed by atoms with van der Waals surface area (Å²) < 4.78 is 14.4. The molecule has 0 unspecified atom stereocenters. The molecule has 2 aromatic heterocycles. The molecule has 4 heteroatoms. The number of aryl methyl sites for hydroxylation is 1. The fraction of sp³-hybridized carbons (Fsp3) is 0.200. The van der Waals surface area contributed by atoms with Crippen molar-refractivity contribution in [3.05, 3.63) is 35.5 Å². The Hall–Kier alpha value is -1.71. The van der Waals surface area contributed by atoms with Crippen LogP contribution >= 0.6 is 0 Å². The first-order chi connectivity index (χ1) is 6.59. The summed E-state index contributed by atoms with van der Waals surface area (Å²) in [5.74, 6) is -0.488. The molecule has 0 aromatic carbocycles. The highest BCUT2D eigenvalue weighted by Gasteiger charge is 2.12. The van der Waals surface area contributed by atoms with Gasteiger partial charge in [-0.1, -0.05) is 0 Å². The van der Waals surface area contributed by atoms with Crippen LogP contribution in [0.25, 0.3) is 5.65 Å². The van der Waals surface area contributed by atoms with Gasteiger partial charge in [0.05, 0.1) is 5.69 Å². The lowest BCUT2D eigenvalue weighted by Crippen LogP contribution is -2.00. The number of hydrogen-bond acceptors (Lipinski definition) is 2. The molecule has 0 saturated carbocycles. The summed E-state index contributed by atoms with van der Waals surface area (Å²) in [6.45, 7) is 3.18. The van der Waals surface area contributed by atoms with Crippen LogP contribution in [-0.2, 0) is 0 Å². The van der Waals surface area contributed by atoms with Gasteiger partial charge in [-0.25, -0.2) is 9.37 Å². The van der Waals surface area contributed by atoms with E-state index in [1.807, 2.05) is 0 Å². The van der Waals surface area contributed by atoms with E-state index in [1.54, 1.807) is 13.0 Å². The van der Waals surface area contributed by atoms with Gasteiger partial charge in [0.1, 0.15) is 17.2 Å². The predicted octanol–water partition coefficient (Wildman–Crippen LogP) is 1.98. The Kier molecular flexibility index (Phi) is 1.84. The zero-order valence-corrected chi connectivity index (χ0v) is 7.91. The van der Waals surface area contributed by atoms with Crippen LogP contribution in [0.4, 0.5) is 4.39 Å². The van der Waals surface area contributed by atoms with Crippen molar-refractivity contribution in [1.82, 2.24) is 9.38 Å². The molecule has 0 spiro atoms. The molecule has 0 N–H and O–H groups in total. The smallest absolute Gasteiger partial charge is 0.178 e. The molecule has 2 aromatic rings. The van der Waals surface area contributed by atoms with Crippen LogP contribution in [-0.4, -0.2) is 15.2 Å². The monoisotopic (exact) mass is 192 g/mol. The molecule has 72 valence electrons. The highest BCUT2D eigenvalue weighted by molar-refractivity contribution is 5.94. The standard InChI is InChI=1S/C10H9FN2O/c1-6-10(7(2)14)13-5-8(11)3-4-9(13)12-6/h3-5H,1-2H3. The minimum Gasteiger partial charge on any atom is -0.294 e. The maximum atomic E-state index is 12.9. The summed E-state index contributed by atoms with van der Waals surface area (Å²) in [5, 5.41) is 0. The van der Waals surface area contributed by atoms with Crippen molar-refractivity contribution in [2.45, 2.75) is 13.8 Å². The molecule has 0 aliphatic heterocycles. The zero-order valence-electron chi connectivity index (χ0n) is 7.91. The summed E-state index contributed by atoms with van der Waals surface area (Å²) in [4.78, 5) is 15.4. The lowest BCUT2D eigenvalue weighted by atomic mass is 10.2. The third-order valence-electron chi connectivity index (χ3n) is 2.09. The van der Waals surface area contributed by atoms with Crippen molar-refractivity contribution in [3.63, 3.8) is 0 Å². The van der Waals surface area contributed by atoms with E-state index in [-0.39, 0.29) is 11.6 Å². The molecular formula is C10H9FN2O. The number of fused-ring (bicyclic) bond motifs is 1. The molecule has 0 amide bonds. The Morgan fingerprint density at radius 3 is 2.86 bits per heavy atom. The molecule has 3 nitrogen and oxygen atoms in total. The molecule has 0 fully saturated rings. The molecule has 0 aliphatic rings. The number of rotatable bonds is 1. The first-order valence-corrected chi connectivity index (χ1v) is 4.25. The number of carbonyl (C=O) groups excluding carboxylic acids is 1. The Morgan fingerprint density at radius 1 is 1.50 bits per heavy atom. The highest BCUT2D eigenvalue weighted by atomic mass is 19.1. The van der Waals surface area contributed by atoms with E-state index < -0.39 is 0 Å². The van der Waals surface area contributed by atoms with Crippen LogP contribution in [0.15, 0.2) is 18.3 Å². The van der Waals surface area contributed by atoms with Crippen LogP contribution in [0.1, 0.15) is 23.1 Å². The minimum absolute atomic E-state index is 0.111. The normalized spacial score (nSPS) is 10.8. The number of pyridine rings is 1. The lowest BCUT2D eigenvalue weighted by molar-refractivity contribution is 0.101. The first-order valence-electron chi connectivity index (χ1n) is 4.25. The summed E-state index contributed by atoms with van der Waals surface area (Å²) in [5.41, 5.74) is 1.66. The Morgan fingerprint density at radius 2 is 2.21 bits per heavy atom. The quantitative estimate of drug-likeness (QED) is 0.647. The summed E-state index contributed by atoms with van der Waals surface area (Å²) >= 11 is 0. The van der Waals surface area contributed by atoms with E-state index in [0.29, 0.717) is 17.0 Å². The number of hydrogen-bond donors (Lipinski definition) is 0. The van der Waals surface area contributed by atoms with Crippen molar-refractivity contribution in [1.29, 1.82) is 0 Å². The average molecular weight is 192 g/mol. The number of ketones is 1. The van der Waals surface area contributed by atoms with Gasteiger partial charge in [0.25, 0.3) is 0 Å². The van der Waals surface area contributed by atoms with E-state index in [4.69, 9.17) is 0 Å². The highest BCUT2D eigenvalue weighted by Crippen LogP contribution is 2.13. The molecule has 0 radical (unpaired) electrons. The molecule has 0 aliphatic carbocycles. The number of nitrogens with zero attached hydrogens (tertiary/aromatic N) is 2. The van der Waals surface area contributed by atoms with Gasteiger partial charge in [-0.05, 0) is 19.1 Å². The van der Waals surface area contributed by atoms with Crippen molar-refractivity contribution in [3.8, 4) is 0 Å². The number of imidazole rings is 1. The average Bonchev–Trinajstić information content (AvgIpc) is 2.40. The van der Waals surface area contributed by atoms with Gasteiger partial charge in [-0.15, -0.1) is 0 Å². The van der Waals surface area contributed by atoms with Gasteiger partial charge in [0, 0.05) is 13.1 Å². The van der Waals surface area contributed by atoms with Crippen LogP contribution in [0.2, 0.25) is 0 Å². The second kappa shape index (κ2) is 2.90. The van der Waals surface area contributed by atoms with Crippen LogP contribution in [0.5, 0.6) is 0 Å². The fourth-order valence-electron chi connectivity index (χ4n) is 1.56. The summed E-state index contributed by atoms with van der Waals surface area (Å²) in [6.07, 6.45) is 1.27. The third kappa shape index (κ3) is 1.19. The molecule has 14 heavy (non-hydrogen) atoms. The van der Waals surface area contributed by atoms with Crippen LogP contribution in [0, 0.1) is 12.7 Å². The first kappa shape index (κ1) is 8.87. The third-order valence-corrected chi connectivity index (χ3v) is 2.09. The molecule has 0 bridgehead atoms. The van der Waals surface area contributed by atoms with E-state index in [0.717, 1.165) is 0 Å². The van der Waals surface area contributed by atoms with Crippen molar-refractivity contribution < 1.29 is 9.18 Å². The van der Waals surface area contributed by atoms with E-state index >= 15 is 0 Å². The lowest BCUT2D eigenvalue weighted by Gasteiger charge is -1.97. The summed E-state index contributed by atoms with van der Waals surface area (Å²) in [7, 11) is 0. The van der Waals surface area contributed by atoms with E-state index in [1.165, 1.54) is 23.6 Å². The molecule has 2 rings (SSSR count). The topological polar surface area (TPSA) is 34.4 Å². The van der Waals surface area contributed by atoms with Gasteiger partial charge < -0.3 is 0 Å². The Labute approximate surface area is 80.2 Å². The van der Waals surface area contributed by atoms with Gasteiger partial charge >= 0.3 is 0 Å². The minimum atomic E-state index is -0.377. The second-order valence-electron chi connectivity index (χ2n) is 3.18. The van der Waals surface area contributed by atoms with Crippen molar-refractivity contribution in [2.24, 2.45) is 0 Å². The molecule has 0 atom stereocenters. The molecular weight excluding hydrogens is 183 g/mol. The maximum Gasteiger partial charge on any atom is 0.178 e. The van der Waals surface area contributed by atoms with Crippen molar-refractivity contribution >= 4 is 11.4 Å². The molecule has 2 heterocycles. The maximum absolute atomic E-state index is 12.9. The van der Waals surface area contributed by atoms with Crippen LogP contribution < -0.4 is 0 Å². The van der Waals surface area contributed by atoms with E-state index in [9.17, 15) is 9.18 Å². The number of carbonyl (C=O) groups is 1. The molecule has 0 saturated heterocycles. The van der Waals surface area contributed by atoms with Gasteiger partial charge in [0.2, 0.25) is 0 Å². The number of Topliss-reactive ketones (excluding diaryl/α,β-unsaturated/α-hetero) is 1. The largest absolute Gasteiger partial charge is 0.294 e. The van der Waals surface area contributed by atoms with Gasteiger partial charge in [-0.3, -0.25) is 9.20 Å². The fourth-order valence-corrected chi connectivity index (χ4v) is 1.56. The van der Waals surface area contributed by atoms with E-state index in [2.05, 4.69) is 4.98 Å². The summed E-state index contributed by atoms with van der Waals surface area (Å²) in [6, 6.07) is 2.88. The predicted molar refractivity (Wildman–Crippen MR) is 49.9 cm³/mol. The Balaban J connectivity index is 2.86. The van der Waals surface area contributed by atoms with Crippen molar-refractivity contribution in [2.75, 3.05) is 0 Å². The van der Waals surface area contributed by atoms with Gasteiger partial charge in [0.15, 0.2) is 5.78 Å².